The maximum absolute atomic E-state index is 9.34. The predicted molar refractivity (Wildman–Crippen MR) is 19.3 cm³/mol. The normalized spacial score (nSPS) is 7.50. The average molecular weight is 89.1 g/mol. The molecule has 0 spiro atoms. The molecule has 0 fully saturated rings. The lowest BCUT2D eigenvalue weighted by atomic mass is 10.9. The number of hydrogen-bond acceptors (Lipinski definition) is 2. The lowest BCUT2D eigenvalue weighted by molar-refractivity contribution is 0.101. The Morgan fingerprint density at radius 3 is 2.50 bits per heavy atom. The summed E-state index contributed by atoms with van der Waals surface area (Å²) in [4.78, 5) is 9.34. The maximum Gasteiger partial charge on any atom is 0.505 e. The molecule has 0 aliphatic rings. The molecular formula is C3H5O3. The summed E-state index contributed by atoms with van der Waals surface area (Å²) in [5.41, 5.74) is 0. The van der Waals surface area contributed by atoms with Gasteiger partial charge in [-0.1, -0.05) is 0 Å². The van der Waals surface area contributed by atoms with E-state index in [9.17, 15) is 4.79 Å². The van der Waals surface area contributed by atoms with Gasteiger partial charge in [0.2, 0.25) is 0 Å². The Morgan fingerprint density at radius 1 is 2.00 bits per heavy atom. The van der Waals surface area contributed by atoms with Crippen molar-refractivity contribution in [2.24, 2.45) is 0 Å². The van der Waals surface area contributed by atoms with Crippen molar-refractivity contribution >= 4 is 6.16 Å². The van der Waals surface area contributed by atoms with Crippen LogP contribution in [-0.4, -0.2) is 17.9 Å². The van der Waals surface area contributed by atoms with Gasteiger partial charge in [0.05, 0.1) is 6.61 Å². The molecule has 0 aromatic heterocycles. The molecule has 0 rings (SSSR count). The van der Waals surface area contributed by atoms with Crippen molar-refractivity contribution in [1.29, 1.82) is 0 Å². The minimum atomic E-state index is -1.27. The molecule has 0 aliphatic heterocycles. The van der Waals surface area contributed by atoms with Crippen LogP contribution in [0.4, 0.5) is 4.79 Å². The third-order valence-corrected chi connectivity index (χ3v) is 0.226. The lowest BCUT2D eigenvalue weighted by Crippen LogP contribution is -1.97. The van der Waals surface area contributed by atoms with Crippen molar-refractivity contribution in [3.63, 3.8) is 0 Å². The van der Waals surface area contributed by atoms with Gasteiger partial charge in [0, 0.05) is 0 Å². The minimum absolute atomic E-state index is 0.0185. The second kappa shape index (κ2) is 2.50. The standard InChI is InChI=1S/C3H5O3/c1-2-6-3(4)5/h1-2H2,(H,4,5). The van der Waals surface area contributed by atoms with Crippen LogP contribution in [0.25, 0.3) is 0 Å². The second-order valence-electron chi connectivity index (χ2n) is 0.614. The van der Waals surface area contributed by atoms with Crippen LogP contribution in [0.3, 0.4) is 0 Å². The van der Waals surface area contributed by atoms with Crippen molar-refractivity contribution < 1.29 is 14.6 Å². The summed E-state index contributed by atoms with van der Waals surface area (Å²) >= 11 is 0. The molecule has 0 amide bonds. The van der Waals surface area contributed by atoms with Crippen LogP contribution in [0.15, 0.2) is 0 Å². The van der Waals surface area contributed by atoms with Gasteiger partial charge in [-0.15, -0.1) is 0 Å². The third kappa shape index (κ3) is 3.27. The van der Waals surface area contributed by atoms with Gasteiger partial charge in [-0.25, -0.2) is 4.79 Å². The number of carbonyl (C=O) groups is 1. The molecule has 1 N–H and O–H groups in total. The van der Waals surface area contributed by atoms with E-state index in [1.54, 1.807) is 0 Å². The molecule has 0 aliphatic carbocycles. The van der Waals surface area contributed by atoms with Crippen LogP contribution in [0.2, 0.25) is 0 Å². The Labute approximate surface area is 35.5 Å². The smallest absolute Gasteiger partial charge is 0.450 e. The van der Waals surface area contributed by atoms with Crippen LogP contribution in [0.5, 0.6) is 0 Å². The number of carboxylic acid groups (broad SMARTS) is 1. The summed E-state index contributed by atoms with van der Waals surface area (Å²) in [5, 5.41) is 7.65. The monoisotopic (exact) mass is 89.0 g/mol. The lowest BCUT2D eigenvalue weighted by Gasteiger charge is -1.87. The maximum atomic E-state index is 9.34. The third-order valence-electron chi connectivity index (χ3n) is 0.226. The summed E-state index contributed by atoms with van der Waals surface area (Å²) in [5.74, 6) is 0. The van der Waals surface area contributed by atoms with Gasteiger partial charge in [-0.2, -0.15) is 0 Å². The molecule has 35 valence electrons. The molecular weight excluding hydrogens is 84.0 g/mol. The van der Waals surface area contributed by atoms with Gasteiger partial charge in [-0.3, -0.25) is 0 Å². The SMILES string of the molecule is [CH2]COC(=O)O. The molecule has 0 saturated carbocycles. The first-order valence-corrected chi connectivity index (χ1v) is 1.42. The largest absolute Gasteiger partial charge is 0.505 e. The number of ether oxygens (including phenoxy) is 1. The van der Waals surface area contributed by atoms with Gasteiger partial charge < -0.3 is 9.84 Å². The zero-order chi connectivity index (χ0) is 4.99. The van der Waals surface area contributed by atoms with Gasteiger partial charge in [-0.05, 0) is 6.92 Å². The topological polar surface area (TPSA) is 46.5 Å². The quantitative estimate of drug-likeness (QED) is 0.476. The fourth-order valence-electron chi connectivity index (χ4n) is 0.0873. The first kappa shape index (κ1) is 5.27. The first-order chi connectivity index (χ1) is 2.77. The van der Waals surface area contributed by atoms with Gasteiger partial charge in [0.1, 0.15) is 0 Å². The van der Waals surface area contributed by atoms with E-state index in [4.69, 9.17) is 5.11 Å². The fourth-order valence-corrected chi connectivity index (χ4v) is 0.0873. The van der Waals surface area contributed by atoms with E-state index >= 15 is 0 Å². The van der Waals surface area contributed by atoms with Crippen molar-refractivity contribution in [3.8, 4) is 0 Å². The van der Waals surface area contributed by atoms with E-state index in [-0.39, 0.29) is 6.61 Å². The van der Waals surface area contributed by atoms with E-state index in [0.717, 1.165) is 0 Å². The van der Waals surface area contributed by atoms with Gasteiger partial charge >= 0.3 is 6.16 Å². The summed E-state index contributed by atoms with van der Waals surface area (Å²) < 4.78 is 3.85. The minimum Gasteiger partial charge on any atom is -0.450 e. The fraction of sp³-hybridized carbons (Fsp3) is 0.333. The number of rotatable bonds is 1. The van der Waals surface area contributed by atoms with Crippen LogP contribution in [0, 0.1) is 6.92 Å². The summed E-state index contributed by atoms with van der Waals surface area (Å²) in [6, 6.07) is 0. The van der Waals surface area contributed by atoms with Gasteiger partial charge in [0.25, 0.3) is 0 Å². The Hall–Kier alpha value is -0.730. The van der Waals surface area contributed by atoms with Crippen molar-refractivity contribution in [2.75, 3.05) is 6.61 Å². The highest BCUT2D eigenvalue weighted by atomic mass is 16.7. The van der Waals surface area contributed by atoms with E-state index in [2.05, 4.69) is 11.7 Å². The van der Waals surface area contributed by atoms with E-state index in [0.29, 0.717) is 0 Å². The Bertz CT molecular complexity index is 50.0. The summed E-state index contributed by atoms with van der Waals surface area (Å²) in [7, 11) is 0. The van der Waals surface area contributed by atoms with Crippen LogP contribution < -0.4 is 0 Å². The molecule has 0 saturated heterocycles. The van der Waals surface area contributed by atoms with Crippen molar-refractivity contribution in [2.45, 2.75) is 0 Å². The van der Waals surface area contributed by atoms with E-state index in [1.165, 1.54) is 0 Å². The summed E-state index contributed by atoms with van der Waals surface area (Å²) in [6.45, 7) is 3.10. The molecule has 0 bridgehead atoms. The molecule has 0 unspecified atom stereocenters. The van der Waals surface area contributed by atoms with Crippen LogP contribution in [-0.2, 0) is 4.74 Å². The Balaban J connectivity index is 2.83. The second-order valence-corrected chi connectivity index (χ2v) is 0.614. The predicted octanol–water partition coefficient (Wildman–Crippen LogP) is 0.515. The van der Waals surface area contributed by atoms with Crippen LogP contribution >= 0.6 is 0 Å². The highest BCUT2D eigenvalue weighted by molar-refractivity contribution is 5.56. The zero-order valence-corrected chi connectivity index (χ0v) is 3.18. The molecule has 0 heterocycles. The van der Waals surface area contributed by atoms with Crippen LogP contribution in [0.1, 0.15) is 0 Å². The highest BCUT2D eigenvalue weighted by Crippen LogP contribution is 1.69. The highest BCUT2D eigenvalue weighted by Gasteiger charge is 1.86. The van der Waals surface area contributed by atoms with Crippen molar-refractivity contribution in [1.82, 2.24) is 0 Å². The summed E-state index contributed by atoms with van der Waals surface area (Å²) in [6.07, 6.45) is -1.27. The molecule has 3 nitrogen and oxygen atoms in total. The Kier molecular flexibility index (Phi) is 2.20. The molecule has 0 atom stereocenters. The molecule has 0 aromatic rings. The molecule has 3 heteroatoms. The molecule has 1 radical (unpaired) electrons. The molecule has 0 aromatic carbocycles. The zero-order valence-electron chi connectivity index (χ0n) is 3.18. The van der Waals surface area contributed by atoms with Gasteiger partial charge in [0.15, 0.2) is 0 Å². The number of hydrogen-bond donors (Lipinski definition) is 1. The molecule has 6 heavy (non-hydrogen) atoms. The first-order valence-electron chi connectivity index (χ1n) is 1.42. The average Bonchev–Trinajstić information content (AvgIpc) is 1.35. The van der Waals surface area contributed by atoms with E-state index < -0.39 is 6.16 Å². The van der Waals surface area contributed by atoms with E-state index in [1.807, 2.05) is 0 Å². The Morgan fingerprint density at radius 2 is 2.50 bits per heavy atom. The van der Waals surface area contributed by atoms with Crippen molar-refractivity contribution in [3.05, 3.63) is 6.92 Å².